The zero-order valence-electron chi connectivity index (χ0n) is 13.5. The molecule has 22 heavy (non-hydrogen) atoms. The topological polar surface area (TPSA) is 40.8 Å². The summed E-state index contributed by atoms with van der Waals surface area (Å²) in [6, 6.07) is 6.00. The van der Waals surface area contributed by atoms with Gasteiger partial charge in [-0.25, -0.2) is 4.98 Å². The van der Waals surface area contributed by atoms with Crippen LogP contribution in [0.4, 0.5) is 0 Å². The summed E-state index contributed by atoms with van der Waals surface area (Å²) in [5.74, 6) is 0.265. The number of pyridine rings is 1. The maximum Gasteiger partial charge on any atom is 0.223 e. The normalized spacial score (nSPS) is 16.4. The third-order valence-corrected chi connectivity index (χ3v) is 4.58. The van der Waals surface area contributed by atoms with Crippen LogP contribution in [-0.4, -0.2) is 57.8 Å². The van der Waals surface area contributed by atoms with E-state index in [0.717, 1.165) is 56.2 Å². The van der Waals surface area contributed by atoms with E-state index < -0.39 is 0 Å². The Morgan fingerprint density at radius 1 is 1.23 bits per heavy atom. The van der Waals surface area contributed by atoms with Crippen LogP contribution in [0.15, 0.2) is 24.4 Å². The van der Waals surface area contributed by atoms with Crippen LogP contribution in [0.2, 0.25) is 0 Å². The first kappa shape index (κ1) is 15.0. The van der Waals surface area contributed by atoms with Crippen LogP contribution >= 0.6 is 0 Å². The number of fused-ring (bicyclic) bond motifs is 1. The van der Waals surface area contributed by atoms with E-state index in [4.69, 9.17) is 0 Å². The van der Waals surface area contributed by atoms with Crippen LogP contribution in [0, 0.1) is 6.92 Å². The molecule has 1 aliphatic heterocycles. The molecule has 0 aliphatic carbocycles. The fourth-order valence-electron chi connectivity index (χ4n) is 3.16. The van der Waals surface area contributed by atoms with Crippen molar-refractivity contribution in [3.63, 3.8) is 0 Å². The number of aryl methyl sites for hydroxylation is 2. The Hall–Kier alpha value is -1.88. The minimum Gasteiger partial charge on any atom is -0.340 e. The highest BCUT2D eigenvalue weighted by atomic mass is 16.2. The molecule has 1 amide bonds. The number of piperazine rings is 1. The Balaban J connectivity index is 1.62. The molecule has 0 aromatic carbocycles. The second kappa shape index (κ2) is 6.48. The molecule has 3 heterocycles. The van der Waals surface area contributed by atoms with Gasteiger partial charge in [0.2, 0.25) is 5.91 Å². The van der Waals surface area contributed by atoms with Crippen LogP contribution in [0.5, 0.6) is 0 Å². The summed E-state index contributed by atoms with van der Waals surface area (Å²) in [7, 11) is 0. The van der Waals surface area contributed by atoms with Crippen LogP contribution in [0.3, 0.4) is 0 Å². The Kier molecular flexibility index (Phi) is 4.43. The number of carbonyl (C=O) groups excluding carboxylic acids is 1. The molecule has 0 atom stereocenters. The molecule has 0 bridgehead atoms. The molecule has 0 saturated carbocycles. The van der Waals surface area contributed by atoms with Gasteiger partial charge in [-0.05, 0) is 32.0 Å². The van der Waals surface area contributed by atoms with Gasteiger partial charge in [0.1, 0.15) is 5.65 Å². The highest BCUT2D eigenvalue weighted by Gasteiger charge is 2.20. The molecule has 2 aromatic rings. The number of rotatable bonds is 4. The standard InChI is InChI=1S/C17H24N4O/c1-3-19-10-12-20(13-11-19)17(22)8-7-15-14(2)18-16-6-4-5-9-21(15)16/h4-6,9H,3,7-8,10-13H2,1-2H3. The van der Waals surface area contributed by atoms with Gasteiger partial charge in [-0.15, -0.1) is 0 Å². The zero-order chi connectivity index (χ0) is 15.5. The summed E-state index contributed by atoms with van der Waals surface area (Å²) in [5, 5.41) is 0. The molecule has 0 N–H and O–H groups in total. The van der Waals surface area contributed by atoms with E-state index in [0.29, 0.717) is 6.42 Å². The van der Waals surface area contributed by atoms with Crippen molar-refractivity contribution < 1.29 is 4.79 Å². The number of imidazole rings is 1. The molecular weight excluding hydrogens is 276 g/mol. The summed E-state index contributed by atoms with van der Waals surface area (Å²) >= 11 is 0. The first-order chi connectivity index (χ1) is 10.7. The third-order valence-electron chi connectivity index (χ3n) is 4.58. The van der Waals surface area contributed by atoms with E-state index in [1.165, 1.54) is 0 Å². The zero-order valence-corrected chi connectivity index (χ0v) is 13.5. The van der Waals surface area contributed by atoms with Gasteiger partial charge < -0.3 is 14.2 Å². The van der Waals surface area contributed by atoms with Crippen molar-refractivity contribution in [2.24, 2.45) is 0 Å². The number of aromatic nitrogens is 2. The lowest BCUT2D eigenvalue weighted by atomic mass is 10.1. The van der Waals surface area contributed by atoms with Crippen LogP contribution in [0.1, 0.15) is 24.7 Å². The van der Waals surface area contributed by atoms with Crippen LogP contribution in [-0.2, 0) is 11.2 Å². The largest absolute Gasteiger partial charge is 0.340 e. The van der Waals surface area contributed by atoms with E-state index in [-0.39, 0.29) is 5.91 Å². The Morgan fingerprint density at radius 3 is 2.73 bits per heavy atom. The first-order valence-corrected chi connectivity index (χ1v) is 8.11. The van der Waals surface area contributed by atoms with Gasteiger partial charge >= 0.3 is 0 Å². The highest BCUT2D eigenvalue weighted by molar-refractivity contribution is 5.76. The number of nitrogens with zero attached hydrogens (tertiary/aromatic N) is 4. The molecule has 1 saturated heterocycles. The average Bonchev–Trinajstić information content (AvgIpc) is 2.88. The van der Waals surface area contributed by atoms with E-state index in [1.807, 2.05) is 36.2 Å². The minimum atomic E-state index is 0.265. The summed E-state index contributed by atoms with van der Waals surface area (Å²) in [6.45, 7) is 8.98. The second-order valence-electron chi connectivity index (χ2n) is 5.89. The summed E-state index contributed by atoms with van der Waals surface area (Å²) < 4.78 is 2.09. The smallest absolute Gasteiger partial charge is 0.223 e. The lowest BCUT2D eigenvalue weighted by Gasteiger charge is -2.34. The molecule has 118 valence electrons. The van der Waals surface area contributed by atoms with Crippen LogP contribution in [0.25, 0.3) is 5.65 Å². The molecule has 5 nitrogen and oxygen atoms in total. The predicted molar refractivity (Wildman–Crippen MR) is 86.9 cm³/mol. The van der Waals surface area contributed by atoms with Crippen molar-refractivity contribution >= 4 is 11.6 Å². The average molecular weight is 300 g/mol. The lowest BCUT2D eigenvalue weighted by Crippen LogP contribution is -2.48. The number of hydrogen-bond acceptors (Lipinski definition) is 3. The number of likely N-dealkylation sites (N-methyl/N-ethyl adjacent to an activating group) is 1. The molecule has 5 heteroatoms. The van der Waals surface area contributed by atoms with Crippen LogP contribution < -0.4 is 0 Å². The van der Waals surface area contributed by atoms with Gasteiger partial charge in [-0.3, -0.25) is 4.79 Å². The van der Waals surface area contributed by atoms with Gasteiger partial charge in [0.15, 0.2) is 0 Å². The fraction of sp³-hybridized carbons (Fsp3) is 0.529. The second-order valence-corrected chi connectivity index (χ2v) is 5.89. The lowest BCUT2D eigenvalue weighted by molar-refractivity contribution is -0.132. The number of hydrogen-bond donors (Lipinski definition) is 0. The number of carbonyl (C=O) groups is 1. The SMILES string of the molecule is CCN1CCN(C(=O)CCc2c(C)nc3ccccn23)CC1. The molecule has 1 aliphatic rings. The van der Waals surface area contributed by atoms with E-state index >= 15 is 0 Å². The van der Waals surface area contributed by atoms with Crippen molar-refractivity contribution in [3.8, 4) is 0 Å². The third kappa shape index (κ3) is 2.99. The molecule has 0 radical (unpaired) electrons. The fourth-order valence-corrected chi connectivity index (χ4v) is 3.16. The molecule has 1 fully saturated rings. The summed E-state index contributed by atoms with van der Waals surface area (Å²) in [4.78, 5) is 21.4. The molecule has 0 spiro atoms. The summed E-state index contributed by atoms with van der Waals surface area (Å²) in [5.41, 5.74) is 3.13. The maximum absolute atomic E-state index is 12.4. The van der Waals surface area contributed by atoms with Crippen molar-refractivity contribution in [1.29, 1.82) is 0 Å². The van der Waals surface area contributed by atoms with E-state index in [9.17, 15) is 4.79 Å². The quantitative estimate of drug-likeness (QED) is 0.863. The predicted octanol–water partition coefficient (Wildman–Crippen LogP) is 1.74. The highest BCUT2D eigenvalue weighted by Crippen LogP contribution is 2.14. The van der Waals surface area contributed by atoms with Crippen molar-refractivity contribution in [3.05, 3.63) is 35.8 Å². The Morgan fingerprint density at radius 2 is 2.00 bits per heavy atom. The number of amides is 1. The van der Waals surface area contributed by atoms with E-state index in [1.54, 1.807) is 0 Å². The monoisotopic (exact) mass is 300 g/mol. The van der Waals surface area contributed by atoms with Crippen molar-refractivity contribution in [2.45, 2.75) is 26.7 Å². The van der Waals surface area contributed by atoms with Gasteiger partial charge in [-0.2, -0.15) is 0 Å². The Bertz CT molecular complexity index is 656. The first-order valence-electron chi connectivity index (χ1n) is 8.11. The maximum atomic E-state index is 12.4. The molecule has 2 aromatic heterocycles. The van der Waals surface area contributed by atoms with Gasteiger partial charge in [0.05, 0.1) is 5.69 Å². The summed E-state index contributed by atoms with van der Waals surface area (Å²) in [6.07, 6.45) is 3.34. The minimum absolute atomic E-state index is 0.265. The molecular formula is C17H24N4O. The molecule has 0 unspecified atom stereocenters. The van der Waals surface area contributed by atoms with Crippen molar-refractivity contribution in [2.75, 3.05) is 32.7 Å². The van der Waals surface area contributed by atoms with Gasteiger partial charge in [0, 0.05) is 44.5 Å². The van der Waals surface area contributed by atoms with Gasteiger partial charge in [-0.1, -0.05) is 13.0 Å². The van der Waals surface area contributed by atoms with Crippen molar-refractivity contribution in [1.82, 2.24) is 19.2 Å². The Labute approximate surface area is 131 Å². The van der Waals surface area contributed by atoms with E-state index in [2.05, 4.69) is 21.2 Å². The molecule has 3 rings (SSSR count). The van der Waals surface area contributed by atoms with Gasteiger partial charge in [0.25, 0.3) is 0 Å².